The Kier molecular flexibility index (Phi) is 5.76. The average molecular weight is 426 g/mol. The summed E-state index contributed by atoms with van der Waals surface area (Å²) >= 11 is 0. The molecule has 0 N–H and O–H groups in total. The summed E-state index contributed by atoms with van der Waals surface area (Å²) in [6.45, 7) is 5.29. The molecule has 30 heavy (non-hydrogen) atoms. The van der Waals surface area contributed by atoms with Gasteiger partial charge >= 0.3 is 0 Å². The minimum atomic E-state index is -3.55. The van der Waals surface area contributed by atoms with Gasteiger partial charge in [0.15, 0.2) is 5.82 Å². The summed E-state index contributed by atoms with van der Waals surface area (Å²) in [6, 6.07) is 11.9. The molecule has 156 valence electrons. The summed E-state index contributed by atoms with van der Waals surface area (Å²) in [5, 5.41) is 0. The molecule has 1 aliphatic heterocycles. The molecular weight excluding hydrogens is 404 g/mol. The van der Waals surface area contributed by atoms with Gasteiger partial charge in [-0.1, -0.05) is 6.07 Å². The Labute approximate surface area is 175 Å². The molecule has 3 heterocycles. The van der Waals surface area contributed by atoms with Gasteiger partial charge in [0.1, 0.15) is 11.4 Å². The first-order chi connectivity index (χ1) is 14.4. The molecule has 1 fully saturated rings. The second kappa shape index (κ2) is 8.47. The van der Waals surface area contributed by atoms with Gasteiger partial charge in [0.05, 0.1) is 18.1 Å². The number of sulfonamides is 1. The number of aromatic nitrogens is 3. The molecule has 0 spiro atoms. The molecule has 1 saturated heterocycles. The van der Waals surface area contributed by atoms with Crippen molar-refractivity contribution in [2.75, 3.05) is 26.3 Å². The van der Waals surface area contributed by atoms with E-state index in [2.05, 4.69) is 15.0 Å². The van der Waals surface area contributed by atoms with E-state index in [1.807, 2.05) is 32.0 Å². The Hall–Kier alpha value is -2.88. The lowest BCUT2D eigenvalue weighted by molar-refractivity contribution is 0.0730. The topological polar surface area (TPSA) is 94.5 Å². The van der Waals surface area contributed by atoms with Crippen LogP contribution in [0.4, 0.5) is 0 Å². The van der Waals surface area contributed by atoms with Crippen LogP contribution in [-0.2, 0) is 14.8 Å². The zero-order chi connectivity index (χ0) is 21.1. The maximum atomic E-state index is 12.8. The molecule has 0 radical (unpaired) electrons. The Morgan fingerprint density at radius 1 is 1.00 bits per heavy atom. The molecule has 0 atom stereocenters. The molecule has 4 rings (SSSR count). The van der Waals surface area contributed by atoms with Crippen molar-refractivity contribution in [3.63, 3.8) is 0 Å². The lowest BCUT2D eigenvalue weighted by atomic mass is 10.2. The Morgan fingerprint density at radius 2 is 1.73 bits per heavy atom. The van der Waals surface area contributed by atoms with Crippen LogP contribution in [0.5, 0.6) is 11.6 Å². The molecule has 0 bridgehead atoms. The molecule has 1 aliphatic rings. The average Bonchev–Trinajstić information content (AvgIpc) is 2.78. The van der Waals surface area contributed by atoms with Crippen molar-refractivity contribution in [3.8, 4) is 23.1 Å². The summed E-state index contributed by atoms with van der Waals surface area (Å²) in [5.74, 6) is 1.37. The van der Waals surface area contributed by atoms with E-state index in [0.29, 0.717) is 49.5 Å². The minimum absolute atomic E-state index is 0.224. The largest absolute Gasteiger partial charge is 0.439 e. The zero-order valence-electron chi connectivity index (χ0n) is 16.8. The number of aryl methyl sites for hydroxylation is 1. The van der Waals surface area contributed by atoms with Crippen molar-refractivity contribution < 1.29 is 17.9 Å². The van der Waals surface area contributed by atoms with Gasteiger partial charge in [-0.25, -0.2) is 13.4 Å². The van der Waals surface area contributed by atoms with Gasteiger partial charge in [0.2, 0.25) is 15.9 Å². The first-order valence-corrected chi connectivity index (χ1v) is 11.0. The SMILES string of the molecule is Cc1nc(-c2ccccn2)nc(Oc2ccc(S(=O)(=O)N3CCOCC3)cc2)c1C. The highest BCUT2D eigenvalue weighted by atomic mass is 32.2. The van der Waals surface area contributed by atoms with Crippen molar-refractivity contribution in [2.45, 2.75) is 18.7 Å². The normalized spacial score (nSPS) is 15.1. The van der Waals surface area contributed by atoms with E-state index in [1.54, 1.807) is 30.5 Å². The van der Waals surface area contributed by atoms with Crippen LogP contribution >= 0.6 is 0 Å². The van der Waals surface area contributed by atoms with Crippen molar-refractivity contribution in [2.24, 2.45) is 0 Å². The molecule has 0 unspecified atom stereocenters. The molecular formula is C21H22N4O4S. The second-order valence-corrected chi connectivity index (χ2v) is 8.81. The number of benzene rings is 1. The monoisotopic (exact) mass is 426 g/mol. The highest BCUT2D eigenvalue weighted by Gasteiger charge is 2.26. The lowest BCUT2D eigenvalue weighted by Gasteiger charge is -2.26. The van der Waals surface area contributed by atoms with Crippen LogP contribution in [0, 0.1) is 13.8 Å². The molecule has 0 amide bonds. The van der Waals surface area contributed by atoms with Crippen LogP contribution in [0.15, 0.2) is 53.6 Å². The van der Waals surface area contributed by atoms with Crippen LogP contribution in [0.1, 0.15) is 11.3 Å². The first kappa shape index (κ1) is 20.4. The predicted octanol–water partition coefficient (Wildman–Crippen LogP) is 2.97. The van der Waals surface area contributed by atoms with Gasteiger partial charge in [-0.3, -0.25) is 4.98 Å². The highest BCUT2D eigenvalue weighted by Crippen LogP contribution is 2.28. The van der Waals surface area contributed by atoms with E-state index in [0.717, 1.165) is 11.3 Å². The fourth-order valence-electron chi connectivity index (χ4n) is 3.04. The third kappa shape index (κ3) is 4.18. The smallest absolute Gasteiger partial charge is 0.243 e. The van der Waals surface area contributed by atoms with Gasteiger partial charge in [-0.15, -0.1) is 0 Å². The maximum Gasteiger partial charge on any atom is 0.243 e. The highest BCUT2D eigenvalue weighted by molar-refractivity contribution is 7.89. The summed E-state index contributed by atoms with van der Waals surface area (Å²) < 4.78 is 38.1. The van der Waals surface area contributed by atoms with E-state index in [-0.39, 0.29) is 4.90 Å². The van der Waals surface area contributed by atoms with Gasteiger partial charge < -0.3 is 9.47 Å². The Morgan fingerprint density at radius 3 is 2.40 bits per heavy atom. The molecule has 1 aromatic carbocycles. The van der Waals surface area contributed by atoms with Gasteiger partial charge in [0.25, 0.3) is 0 Å². The Bertz CT molecular complexity index is 1130. The van der Waals surface area contributed by atoms with Crippen LogP contribution in [-0.4, -0.2) is 54.0 Å². The number of rotatable bonds is 5. The fourth-order valence-corrected chi connectivity index (χ4v) is 4.45. The van der Waals surface area contributed by atoms with E-state index >= 15 is 0 Å². The van der Waals surface area contributed by atoms with Crippen molar-refractivity contribution in [1.29, 1.82) is 0 Å². The minimum Gasteiger partial charge on any atom is -0.439 e. The first-order valence-electron chi connectivity index (χ1n) is 9.57. The van der Waals surface area contributed by atoms with Gasteiger partial charge in [0, 0.05) is 30.5 Å². The number of ether oxygens (including phenoxy) is 2. The van der Waals surface area contributed by atoms with Crippen molar-refractivity contribution in [3.05, 3.63) is 59.9 Å². The summed E-state index contributed by atoms with van der Waals surface area (Å²) in [4.78, 5) is 13.5. The molecule has 8 nitrogen and oxygen atoms in total. The van der Waals surface area contributed by atoms with E-state index in [4.69, 9.17) is 9.47 Å². The third-order valence-electron chi connectivity index (χ3n) is 4.88. The number of hydrogen-bond acceptors (Lipinski definition) is 7. The molecule has 9 heteroatoms. The van der Waals surface area contributed by atoms with Gasteiger partial charge in [-0.05, 0) is 50.2 Å². The van der Waals surface area contributed by atoms with E-state index in [1.165, 1.54) is 4.31 Å². The van der Waals surface area contributed by atoms with Crippen LogP contribution < -0.4 is 4.74 Å². The van der Waals surface area contributed by atoms with Gasteiger partial charge in [-0.2, -0.15) is 9.29 Å². The molecule has 0 saturated carbocycles. The second-order valence-electron chi connectivity index (χ2n) is 6.87. The predicted molar refractivity (Wildman–Crippen MR) is 111 cm³/mol. The summed E-state index contributed by atoms with van der Waals surface area (Å²) in [6.07, 6.45) is 1.68. The van der Waals surface area contributed by atoms with E-state index in [9.17, 15) is 8.42 Å². The molecule has 3 aromatic rings. The zero-order valence-corrected chi connectivity index (χ0v) is 17.6. The van der Waals surface area contributed by atoms with Crippen molar-refractivity contribution in [1.82, 2.24) is 19.3 Å². The van der Waals surface area contributed by atoms with Crippen LogP contribution in [0.3, 0.4) is 0 Å². The van der Waals surface area contributed by atoms with Crippen LogP contribution in [0.25, 0.3) is 11.5 Å². The van der Waals surface area contributed by atoms with E-state index < -0.39 is 10.0 Å². The van der Waals surface area contributed by atoms with Crippen LogP contribution in [0.2, 0.25) is 0 Å². The number of nitrogens with zero attached hydrogens (tertiary/aromatic N) is 4. The summed E-state index contributed by atoms with van der Waals surface area (Å²) in [5.41, 5.74) is 2.24. The van der Waals surface area contributed by atoms with Crippen molar-refractivity contribution >= 4 is 10.0 Å². The fraction of sp³-hybridized carbons (Fsp3) is 0.286. The molecule has 0 aliphatic carbocycles. The number of pyridine rings is 1. The number of hydrogen-bond donors (Lipinski definition) is 0. The molecule has 2 aromatic heterocycles. The summed E-state index contributed by atoms with van der Waals surface area (Å²) in [7, 11) is -3.55. The maximum absolute atomic E-state index is 12.8. The third-order valence-corrected chi connectivity index (χ3v) is 6.80. The number of morpholine rings is 1. The standard InChI is InChI=1S/C21H22N4O4S/c1-15-16(2)23-20(19-5-3-4-10-22-19)24-21(15)29-17-6-8-18(9-7-17)30(26,27)25-11-13-28-14-12-25/h3-10H,11-14H2,1-2H3. The quantitative estimate of drug-likeness (QED) is 0.619. The Balaban J connectivity index is 1.58. The lowest BCUT2D eigenvalue weighted by Crippen LogP contribution is -2.40.